The lowest BCUT2D eigenvalue weighted by Gasteiger charge is -2.62. The number of aliphatic hydroxyl groups is 3. The fraction of sp³-hybridized carbons (Fsp3) is 0.955. The number of rotatable bonds is 2. The van der Waals surface area contributed by atoms with E-state index >= 15 is 0 Å². The Bertz CT molecular complexity index is 618. The smallest absolute Gasteiger partial charge is 0.306 e. The highest BCUT2D eigenvalue weighted by Crippen LogP contribution is 2.68. The molecule has 0 unspecified atom stereocenters. The molecule has 5 heteroatoms. The number of aliphatic carboxylic acids is 1. The molecule has 0 aromatic rings. The number of carbonyl (C=O) groups is 1. The monoisotopic (exact) mass is 380 g/mol. The first-order valence-corrected chi connectivity index (χ1v) is 10.9. The highest BCUT2D eigenvalue weighted by atomic mass is 16.5. The van der Waals surface area contributed by atoms with Gasteiger partial charge in [-0.15, -0.1) is 0 Å². The Morgan fingerprint density at radius 2 is 1.74 bits per heavy atom. The van der Waals surface area contributed by atoms with Gasteiger partial charge in [0.25, 0.3) is 0 Å². The largest absolute Gasteiger partial charge is 0.481 e. The Balaban J connectivity index is 1.64. The average Bonchev–Trinajstić information content (AvgIpc) is 2.94. The first kappa shape index (κ1) is 19.7. The second kappa shape index (κ2) is 6.17. The molecule has 0 aromatic carbocycles. The maximum atomic E-state index is 11.7. The summed E-state index contributed by atoms with van der Waals surface area (Å²) < 4.78 is 0. The van der Waals surface area contributed by atoms with E-state index in [1.807, 2.05) is 0 Å². The predicted molar refractivity (Wildman–Crippen MR) is 101 cm³/mol. The minimum absolute atomic E-state index is 0.0374. The highest BCUT2D eigenvalue weighted by Gasteiger charge is 2.64. The molecule has 0 saturated heterocycles. The van der Waals surface area contributed by atoms with Crippen molar-refractivity contribution in [3.8, 4) is 0 Å². The summed E-state index contributed by atoms with van der Waals surface area (Å²) in [7, 11) is 0. The third-order valence-corrected chi connectivity index (χ3v) is 9.87. The van der Waals surface area contributed by atoms with E-state index in [1.165, 1.54) is 0 Å². The van der Waals surface area contributed by atoms with E-state index in [2.05, 4.69) is 13.8 Å². The zero-order valence-electron chi connectivity index (χ0n) is 16.9. The number of aliphatic hydroxyl groups excluding tert-OH is 1. The molecule has 0 bridgehead atoms. The van der Waals surface area contributed by atoms with Gasteiger partial charge in [-0.2, -0.15) is 0 Å². The van der Waals surface area contributed by atoms with E-state index < -0.39 is 23.8 Å². The zero-order chi connectivity index (χ0) is 19.8. The SMILES string of the molecule is C[C@@H](C(=O)O)[C@H]1CC[C@H]2[C@@H]3CC[C@@H]4CC(O)(O)CC[C@]4(C)[C@H]3C[C@H](O)[C@]12C. The summed E-state index contributed by atoms with van der Waals surface area (Å²) in [6.45, 7) is 6.27. The summed E-state index contributed by atoms with van der Waals surface area (Å²) in [6.07, 6.45) is 5.93. The van der Waals surface area contributed by atoms with Crippen molar-refractivity contribution in [2.45, 2.75) is 84.0 Å². The molecule has 27 heavy (non-hydrogen) atoms. The molecule has 4 fully saturated rings. The second-order valence-corrected chi connectivity index (χ2v) is 10.8. The molecule has 0 amide bonds. The van der Waals surface area contributed by atoms with Gasteiger partial charge in [0.15, 0.2) is 5.79 Å². The third-order valence-electron chi connectivity index (χ3n) is 9.87. The molecule has 0 aliphatic heterocycles. The molecule has 4 N–H and O–H groups in total. The Hall–Kier alpha value is -0.650. The Kier molecular flexibility index (Phi) is 4.49. The molecule has 9 atom stereocenters. The molecular weight excluding hydrogens is 344 g/mol. The predicted octanol–water partition coefficient (Wildman–Crippen LogP) is 3.02. The van der Waals surface area contributed by atoms with E-state index in [4.69, 9.17) is 0 Å². The Morgan fingerprint density at radius 3 is 2.41 bits per heavy atom. The van der Waals surface area contributed by atoms with Crippen LogP contribution in [0.3, 0.4) is 0 Å². The maximum Gasteiger partial charge on any atom is 0.306 e. The highest BCUT2D eigenvalue weighted by molar-refractivity contribution is 5.70. The van der Waals surface area contributed by atoms with Crippen LogP contribution in [-0.4, -0.2) is 38.3 Å². The summed E-state index contributed by atoms with van der Waals surface area (Å²) in [5.41, 5.74) is -0.259. The van der Waals surface area contributed by atoms with E-state index in [-0.39, 0.29) is 16.7 Å². The van der Waals surface area contributed by atoms with Crippen LogP contribution < -0.4 is 0 Å². The number of carboxylic acids is 1. The van der Waals surface area contributed by atoms with Crippen molar-refractivity contribution in [3.05, 3.63) is 0 Å². The number of hydrogen-bond acceptors (Lipinski definition) is 4. The fourth-order valence-corrected chi connectivity index (χ4v) is 8.21. The van der Waals surface area contributed by atoms with Crippen molar-refractivity contribution in [2.75, 3.05) is 0 Å². The summed E-state index contributed by atoms with van der Waals surface area (Å²) in [6, 6.07) is 0. The Morgan fingerprint density at radius 1 is 1.04 bits per heavy atom. The van der Waals surface area contributed by atoms with Gasteiger partial charge in [0.05, 0.1) is 12.0 Å². The zero-order valence-corrected chi connectivity index (χ0v) is 16.9. The molecule has 4 aliphatic rings. The lowest BCUT2D eigenvalue weighted by molar-refractivity contribution is -0.240. The first-order chi connectivity index (χ1) is 12.5. The third kappa shape index (κ3) is 2.71. The van der Waals surface area contributed by atoms with Crippen molar-refractivity contribution >= 4 is 5.97 Å². The van der Waals surface area contributed by atoms with Crippen LogP contribution in [0.5, 0.6) is 0 Å². The second-order valence-electron chi connectivity index (χ2n) is 10.8. The van der Waals surface area contributed by atoms with Gasteiger partial charge >= 0.3 is 5.97 Å². The molecule has 0 aromatic heterocycles. The minimum Gasteiger partial charge on any atom is -0.481 e. The Labute approximate surface area is 162 Å². The molecular formula is C22H36O5. The maximum absolute atomic E-state index is 11.7. The van der Waals surface area contributed by atoms with Crippen LogP contribution in [0.4, 0.5) is 0 Å². The molecule has 4 aliphatic carbocycles. The lowest BCUT2D eigenvalue weighted by Crippen LogP contribution is -2.60. The van der Waals surface area contributed by atoms with Crippen molar-refractivity contribution in [2.24, 2.45) is 46.3 Å². The van der Waals surface area contributed by atoms with Gasteiger partial charge in [0, 0.05) is 18.3 Å². The summed E-state index contributed by atoms with van der Waals surface area (Å²) in [5, 5.41) is 41.2. The molecule has 0 radical (unpaired) electrons. The quantitative estimate of drug-likeness (QED) is 0.552. The summed E-state index contributed by atoms with van der Waals surface area (Å²) in [4.78, 5) is 11.7. The summed E-state index contributed by atoms with van der Waals surface area (Å²) in [5.74, 6) is -1.06. The number of hydrogen-bond donors (Lipinski definition) is 4. The normalized spacial score (nSPS) is 52.4. The van der Waals surface area contributed by atoms with E-state index in [9.17, 15) is 25.2 Å². The van der Waals surface area contributed by atoms with Gasteiger partial charge in [-0.05, 0) is 73.5 Å². The van der Waals surface area contributed by atoms with Gasteiger partial charge in [0.1, 0.15) is 0 Å². The van der Waals surface area contributed by atoms with Crippen LogP contribution in [-0.2, 0) is 4.79 Å². The van der Waals surface area contributed by atoms with E-state index in [1.54, 1.807) is 6.92 Å². The first-order valence-electron chi connectivity index (χ1n) is 10.9. The van der Waals surface area contributed by atoms with E-state index in [0.717, 1.165) is 38.5 Å². The van der Waals surface area contributed by atoms with Crippen LogP contribution in [0.1, 0.15) is 72.1 Å². The van der Waals surface area contributed by atoms with Gasteiger partial charge in [-0.1, -0.05) is 20.8 Å². The number of fused-ring (bicyclic) bond motifs is 5. The molecule has 154 valence electrons. The van der Waals surface area contributed by atoms with Crippen molar-refractivity contribution in [1.29, 1.82) is 0 Å². The average molecular weight is 381 g/mol. The molecule has 4 rings (SSSR count). The van der Waals surface area contributed by atoms with Crippen LogP contribution >= 0.6 is 0 Å². The van der Waals surface area contributed by atoms with Gasteiger partial charge in [-0.3, -0.25) is 4.79 Å². The topological polar surface area (TPSA) is 98.0 Å². The van der Waals surface area contributed by atoms with Gasteiger partial charge in [0.2, 0.25) is 0 Å². The fourth-order valence-electron chi connectivity index (χ4n) is 8.21. The molecule has 5 nitrogen and oxygen atoms in total. The number of carboxylic acid groups (broad SMARTS) is 1. The minimum atomic E-state index is -1.53. The van der Waals surface area contributed by atoms with Crippen LogP contribution in [0.2, 0.25) is 0 Å². The summed E-state index contributed by atoms with van der Waals surface area (Å²) >= 11 is 0. The van der Waals surface area contributed by atoms with Crippen LogP contribution in [0.15, 0.2) is 0 Å². The standard InChI is InChI=1S/C22H36O5/c1-12(19(24)25)15-6-7-16-14-5-4-13-11-22(26,27)9-8-20(13,2)17(14)10-18(23)21(15,16)3/h12-18,23,26-27H,4-11H2,1-3H3,(H,24,25)/t12-,13-,14+,15-,16+,17+,18+,20+,21-/m1/s1. The van der Waals surface area contributed by atoms with Crippen molar-refractivity contribution in [3.63, 3.8) is 0 Å². The molecule has 0 heterocycles. The van der Waals surface area contributed by atoms with Crippen LogP contribution in [0, 0.1) is 46.3 Å². The van der Waals surface area contributed by atoms with Crippen LogP contribution in [0.25, 0.3) is 0 Å². The molecule has 0 spiro atoms. The van der Waals surface area contributed by atoms with Gasteiger partial charge < -0.3 is 20.4 Å². The van der Waals surface area contributed by atoms with E-state index in [0.29, 0.717) is 36.5 Å². The van der Waals surface area contributed by atoms with Crippen molar-refractivity contribution in [1.82, 2.24) is 0 Å². The van der Waals surface area contributed by atoms with Gasteiger partial charge in [-0.25, -0.2) is 0 Å². The molecule has 4 saturated carbocycles. The van der Waals surface area contributed by atoms with Crippen molar-refractivity contribution < 1.29 is 25.2 Å². The lowest BCUT2D eigenvalue weighted by atomic mass is 9.43.